The number of carbonyl (C=O) groups is 3. The van der Waals surface area contributed by atoms with Gasteiger partial charge in [0.1, 0.15) is 5.75 Å². The Kier molecular flexibility index (Phi) is 8.00. The molecule has 1 aromatic rings. The number of hydrogen-bond donors (Lipinski definition) is 3. The molecule has 0 heterocycles. The molecule has 0 aromatic heterocycles. The maximum atomic E-state index is 12.0. The van der Waals surface area contributed by atoms with E-state index < -0.39 is 11.9 Å². The molecule has 24 heavy (non-hydrogen) atoms. The molecule has 0 radical (unpaired) electrons. The number of benzene rings is 1. The van der Waals surface area contributed by atoms with Crippen LogP contribution in [-0.2, 0) is 9.59 Å². The summed E-state index contributed by atoms with van der Waals surface area (Å²) in [6.45, 7) is 2.01. The van der Waals surface area contributed by atoms with Crippen LogP contribution in [0.15, 0.2) is 18.2 Å². The van der Waals surface area contributed by atoms with Crippen molar-refractivity contribution in [3.05, 3.63) is 23.2 Å². The molecule has 1 rings (SSSR count). The van der Waals surface area contributed by atoms with Crippen LogP contribution in [0.1, 0.15) is 6.92 Å². The van der Waals surface area contributed by atoms with Gasteiger partial charge in [-0.3, -0.25) is 19.8 Å². The van der Waals surface area contributed by atoms with E-state index in [0.29, 0.717) is 23.0 Å². The van der Waals surface area contributed by atoms with E-state index in [2.05, 4.69) is 16.0 Å². The Hall–Kier alpha value is -2.32. The minimum atomic E-state index is -0.566. The number of anilines is 1. The number of urea groups is 1. The molecule has 0 saturated heterocycles. The number of imide groups is 1. The summed E-state index contributed by atoms with van der Waals surface area (Å²) in [6, 6.07) is 4.29. The average Bonchev–Trinajstić information content (AvgIpc) is 2.46. The van der Waals surface area contributed by atoms with Crippen molar-refractivity contribution in [1.29, 1.82) is 0 Å². The molecule has 0 aliphatic carbocycles. The molecule has 0 unspecified atom stereocenters. The highest BCUT2D eigenvalue weighted by Gasteiger charge is 2.14. The van der Waals surface area contributed by atoms with Crippen LogP contribution < -0.4 is 20.7 Å². The van der Waals surface area contributed by atoms with Crippen LogP contribution in [0.25, 0.3) is 0 Å². The summed E-state index contributed by atoms with van der Waals surface area (Å²) in [5.41, 5.74) is 0.440. The lowest BCUT2D eigenvalue weighted by Crippen LogP contribution is -2.44. The fraction of sp³-hybridized carbons (Fsp3) is 0.400. The number of halogens is 1. The number of rotatable bonds is 7. The van der Waals surface area contributed by atoms with Gasteiger partial charge in [-0.25, -0.2) is 4.79 Å². The van der Waals surface area contributed by atoms with Crippen molar-refractivity contribution in [2.24, 2.45) is 0 Å². The largest absolute Gasteiger partial charge is 0.495 e. The third-order valence-electron chi connectivity index (χ3n) is 2.85. The van der Waals surface area contributed by atoms with Crippen molar-refractivity contribution in [1.82, 2.24) is 15.5 Å². The van der Waals surface area contributed by atoms with Crippen LogP contribution in [0.2, 0.25) is 5.02 Å². The molecule has 132 valence electrons. The molecule has 3 N–H and O–H groups in total. The second kappa shape index (κ2) is 9.74. The van der Waals surface area contributed by atoms with Gasteiger partial charge in [-0.15, -0.1) is 0 Å². The van der Waals surface area contributed by atoms with Gasteiger partial charge >= 0.3 is 6.03 Å². The van der Waals surface area contributed by atoms with Crippen LogP contribution >= 0.6 is 11.6 Å². The first-order chi connectivity index (χ1) is 11.3. The van der Waals surface area contributed by atoms with Gasteiger partial charge in [0.15, 0.2) is 0 Å². The SMILES string of the molecule is CCNC(=O)NC(=O)CN(C)CC(=O)Nc1cc(Cl)ccc1OC. The summed E-state index contributed by atoms with van der Waals surface area (Å²) >= 11 is 5.90. The number of methoxy groups -OCH3 is 1. The Balaban J connectivity index is 2.51. The predicted molar refractivity (Wildman–Crippen MR) is 91.3 cm³/mol. The summed E-state index contributed by atoms with van der Waals surface area (Å²) in [5.74, 6) is -0.371. The standard InChI is InChI=1S/C15H21ClN4O4/c1-4-17-15(23)19-14(22)9-20(2)8-13(21)18-11-7-10(16)5-6-12(11)24-3/h5-7H,4,8-9H2,1-3H3,(H,18,21)(H2,17,19,22,23). The lowest BCUT2D eigenvalue weighted by molar-refractivity contribution is -0.122. The molecule has 1 aromatic carbocycles. The Morgan fingerprint density at radius 1 is 1.21 bits per heavy atom. The van der Waals surface area contributed by atoms with Crippen LogP contribution in [-0.4, -0.2) is 56.5 Å². The molecule has 4 amide bonds. The van der Waals surface area contributed by atoms with Gasteiger partial charge in [-0.2, -0.15) is 0 Å². The van der Waals surface area contributed by atoms with Crippen molar-refractivity contribution in [3.8, 4) is 5.75 Å². The molecule has 9 heteroatoms. The van der Waals surface area contributed by atoms with E-state index in [4.69, 9.17) is 16.3 Å². The zero-order chi connectivity index (χ0) is 18.1. The van der Waals surface area contributed by atoms with E-state index >= 15 is 0 Å². The maximum absolute atomic E-state index is 12.0. The minimum absolute atomic E-state index is 0.0432. The number of likely N-dealkylation sites (N-methyl/N-ethyl adjacent to an activating group) is 1. The van der Waals surface area contributed by atoms with Gasteiger partial charge in [0.05, 0.1) is 25.9 Å². The maximum Gasteiger partial charge on any atom is 0.321 e. The summed E-state index contributed by atoms with van der Waals surface area (Å²) in [6.07, 6.45) is 0. The molecule has 0 aliphatic rings. The van der Waals surface area contributed by atoms with E-state index in [1.807, 2.05) is 0 Å². The van der Waals surface area contributed by atoms with Gasteiger partial charge in [-0.1, -0.05) is 11.6 Å². The molecule has 0 aliphatic heterocycles. The van der Waals surface area contributed by atoms with Crippen LogP contribution in [0.5, 0.6) is 5.75 Å². The molecule has 8 nitrogen and oxygen atoms in total. The van der Waals surface area contributed by atoms with Gasteiger partial charge in [0.25, 0.3) is 0 Å². The zero-order valence-electron chi connectivity index (χ0n) is 13.8. The summed E-state index contributed by atoms with van der Waals surface area (Å²) in [4.78, 5) is 36.4. The molecule has 0 fully saturated rings. The third-order valence-corrected chi connectivity index (χ3v) is 3.09. The molecule has 0 bridgehead atoms. The van der Waals surface area contributed by atoms with E-state index in [-0.39, 0.29) is 19.0 Å². The predicted octanol–water partition coefficient (Wildman–Crippen LogP) is 1.06. The summed E-state index contributed by atoms with van der Waals surface area (Å²) in [7, 11) is 3.07. The number of nitrogens with one attached hydrogen (secondary N) is 3. The van der Waals surface area contributed by atoms with Crippen molar-refractivity contribution in [2.45, 2.75) is 6.92 Å². The molecule has 0 atom stereocenters. The van der Waals surface area contributed by atoms with Gasteiger partial charge in [0.2, 0.25) is 11.8 Å². The van der Waals surface area contributed by atoms with Gasteiger partial charge in [0, 0.05) is 11.6 Å². The number of ether oxygens (including phenoxy) is 1. The fourth-order valence-corrected chi connectivity index (χ4v) is 2.06. The smallest absolute Gasteiger partial charge is 0.321 e. The topological polar surface area (TPSA) is 99.8 Å². The Morgan fingerprint density at radius 2 is 1.88 bits per heavy atom. The zero-order valence-corrected chi connectivity index (χ0v) is 14.6. The second-order valence-corrected chi connectivity index (χ2v) is 5.41. The Labute approximate surface area is 145 Å². The quantitative estimate of drug-likeness (QED) is 0.678. The van der Waals surface area contributed by atoms with Gasteiger partial charge in [-0.05, 0) is 32.2 Å². The first-order valence-corrected chi connectivity index (χ1v) is 7.63. The van der Waals surface area contributed by atoms with Crippen molar-refractivity contribution in [3.63, 3.8) is 0 Å². The molecule has 0 saturated carbocycles. The molecule has 0 spiro atoms. The number of amides is 4. The first kappa shape index (κ1) is 19.7. The van der Waals surface area contributed by atoms with Crippen molar-refractivity contribution >= 4 is 35.1 Å². The van der Waals surface area contributed by atoms with Crippen LogP contribution in [0.3, 0.4) is 0 Å². The Morgan fingerprint density at radius 3 is 2.50 bits per heavy atom. The van der Waals surface area contributed by atoms with Crippen molar-refractivity contribution < 1.29 is 19.1 Å². The second-order valence-electron chi connectivity index (χ2n) is 4.97. The van der Waals surface area contributed by atoms with E-state index in [1.165, 1.54) is 12.0 Å². The summed E-state index contributed by atoms with van der Waals surface area (Å²) < 4.78 is 5.14. The number of carbonyl (C=O) groups excluding carboxylic acids is 3. The average molecular weight is 357 g/mol. The lowest BCUT2D eigenvalue weighted by atomic mass is 10.3. The van der Waals surface area contributed by atoms with Crippen LogP contribution in [0, 0.1) is 0 Å². The Bertz CT molecular complexity index is 609. The van der Waals surface area contributed by atoms with Crippen LogP contribution in [0.4, 0.5) is 10.5 Å². The van der Waals surface area contributed by atoms with E-state index in [9.17, 15) is 14.4 Å². The highest BCUT2D eigenvalue weighted by Crippen LogP contribution is 2.27. The molecular formula is C15H21ClN4O4. The highest BCUT2D eigenvalue weighted by atomic mass is 35.5. The van der Waals surface area contributed by atoms with E-state index in [1.54, 1.807) is 32.2 Å². The normalized spacial score (nSPS) is 10.2. The number of nitrogens with zero attached hydrogens (tertiary/aromatic N) is 1. The summed E-state index contributed by atoms with van der Waals surface area (Å²) in [5, 5.41) is 7.73. The number of hydrogen-bond acceptors (Lipinski definition) is 5. The minimum Gasteiger partial charge on any atom is -0.495 e. The van der Waals surface area contributed by atoms with Gasteiger partial charge < -0.3 is 15.4 Å². The molecular weight excluding hydrogens is 336 g/mol. The highest BCUT2D eigenvalue weighted by molar-refractivity contribution is 6.31. The van der Waals surface area contributed by atoms with E-state index in [0.717, 1.165) is 0 Å². The monoisotopic (exact) mass is 356 g/mol. The third kappa shape index (κ3) is 6.84. The lowest BCUT2D eigenvalue weighted by Gasteiger charge is -2.16. The van der Waals surface area contributed by atoms with Crippen molar-refractivity contribution in [2.75, 3.05) is 39.1 Å². The first-order valence-electron chi connectivity index (χ1n) is 7.25. The fourth-order valence-electron chi connectivity index (χ4n) is 1.88.